The molecule has 94 valence electrons. The molecule has 3 nitrogen and oxygen atoms in total. The molecule has 0 spiro atoms. The third-order valence-electron chi connectivity index (χ3n) is 3.62. The number of likely N-dealkylation sites (N-methyl/N-ethyl adjacent to an activating group) is 1. The number of anilines is 1. The van der Waals surface area contributed by atoms with Crippen molar-refractivity contribution < 1.29 is 4.79 Å². The molecule has 0 heterocycles. The molecule has 0 saturated heterocycles. The first-order valence-corrected chi connectivity index (χ1v) is 6.48. The van der Waals surface area contributed by atoms with Crippen LogP contribution in [0.1, 0.15) is 37.7 Å². The van der Waals surface area contributed by atoms with Gasteiger partial charge < -0.3 is 4.90 Å². The Balaban J connectivity index is 2.21. The summed E-state index contributed by atoms with van der Waals surface area (Å²) >= 11 is 0. The second kappa shape index (κ2) is 5.68. The second-order valence-electron chi connectivity index (χ2n) is 4.85. The summed E-state index contributed by atoms with van der Waals surface area (Å²) in [6, 6.07) is 9.56. The Bertz CT molecular complexity index is 476. The Kier molecular flexibility index (Phi) is 3.99. The lowest BCUT2D eigenvalue weighted by molar-refractivity contribution is -0.120. The maximum Gasteiger partial charge on any atom is 0.155 e. The summed E-state index contributed by atoms with van der Waals surface area (Å²) in [5.74, 6) is 0.331. The Hall–Kier alpha value is -1.82. The predicted octanol–water partition coefficient (Wildman–Crippen LogP) is 2.90. The van der Waals surface area contributed by atoms with Crippen LogP contribution in [-0.4, -0.2) is 18.9 Å². The number of nitriles is 1. The average molecular weight is 242 g/mol. The van der Waals surface area contributed by atoms with Crippen molar-refractivity contribution in [1.82, 2.24) is 0 Å². The van der Waals surface area contributed by atoms with Crippen molar-refractivity contribution in [3.8, 4) is 6.07 Å². The highest BCUT2D eigenvalue weighted by Gasteiger charge is 2.24. The van der Waals surface area contributed by atoms with Gasteiger partial charge in [-0.25, -0.2) is 0 Å². The maximum atomic E-state index is 12.1. The average Bonchev–Trinajstić information content (AvgIpc) is 2.62. The number of carbonyl (C=O) groups excluding carboxylic acids is 1. The first kappa shape index (κ1) is 12.6. The van der Waals surface area contributed by atoms with E-state index in [2.05, 4.69) is 6.07 Å². The lowest BCUT2D eigenvalue weighted by Crippen LogP contribution is -2.37. The van der Waals surface area contributed by atoms with Crippen LogP contribution in [0.4, 0.5) is 5.69 Å². The molecule has 1 aromatic carbocycles. The summed E-state index contributed by atoms with van der Waals surface area (Å²) in [7, 11) is 1.95. The molecule has 0 aliphatic heterocycles. The van der Waals surface area contributed by atoms with E-state index in [-0.39, 0.29) is 6.04 Å². The Morgan fingerprint density at radius 3 is 2.94 bits per heavy atom. The summed E-state index contributed by atoms with van der Waals surface area (Å²) in [6.07, 6.45) is 4.88. The van der Waals surface area contributed by atoms with Crippen molar-refractivity contribution >= 4 is 11.5 Å². The van der Waals surface area contributed by atoms with E-state index in [0.717, 1.165) is 31.4 Å². The molecule has 3 heteroatoms. The van der Waals surface area contributed by atoms with Crippen molar-refractivity contribution in [2.45, 2.75) is 38.1 Å². The highest BCUT2D eigenvalue weighted by molar-refractivity contribution is 5.87. The van der Waals surface area contributed by atoms with Crippen molar-refractivity contribution in [2.75, 3.05) is 11.9 Å². The van der Waals surface area contributed by atoms with Crippen molar-refractivity contribution in [2.24, 2.45) is 0 Å². The highest BCUT2D eigenvalue weighted by atomic mass is 16.1. The van der Waals surface area contributed by atoms with E-state index >= 15 is 0 Å². The zero-order valence-corrected chi connectivity index (χ0v) is 10.7. The Labute approximate surface area is 108 Å². The molecule has 1 aromatic rings. The van der Waals surface area contributed by atoms with E-state index in [0.29, 0.717) is 17.8 Å². The standard InChI is InChI=1S/C15H18N2O/c1-17(13-7-5-6-12(10-13)11-16)14-8-3-2-4-9-15(14)18/h5-7,10,14H,2-4,8-9H2,1H3. The third-order valence-corrected chi connectivity index (χ3v) is 3.62. The molecule has 1 saturated carbocycles. The van der Waals surface area contributed by atoms with Crippen LogP contribution in [-0.2, 0) is 4.79 Å². The number of rotatable bonds is 2. The largest absolute Gasteiger partial charge is 0.365 e. The normalized spacial score (nSPS) is 20.0. The van der Waals surface area contributed by atoms with E-state index in [1.165, 1.54) is 0 Å². The van der Waals surface area contributed by atoms with Gasteiger partial charge in [0.2, 0.25) is 0 Å². The van der Waals surface area contributed by atoms with Gasteiger partial charge in [0, 0.05) is 19.2 Å². The molecule has 1 atom stereocenters. The van der Waals surface area contributed by atoms with Crippen LogP contribution in [0, 0.1) is 11.3 Å². The molecule has 1 aliphatic rings. The summed E-state index contributed by atoms with van der Waals surface area (Å²) in [4.78, 5) is 14.1. The molecule has 0 aromatic heterocycles. The molecule has 0 bridgehead atoms. The van der Waals surface area contributed by atoms with Gasteiger partial charge in [-0.3, -0.25) is 4.79 Å². The van der Waals surface area contributed by atoms with Crippen LogP contribution in [0.2, 0.25) is 0 Å². The molecule has 2 rings (SSSR count). The van der Waals surface area contributed by atoms with Gasteiger partial charge in [-0.2, -0.15) is 5.26 Å². The van der Waals surface area contributed by atoms with E-state index < -0.39 is 0 Å². The minimum absolute atomic E-state index is 0.0264. The monoisotopic (exact) mass is 242 g/mol. The van der Waals surface area contributed by atoms with Gasteiger partial charge >= 0.3 is 0 Å². The third kappa shape index (κ3) is 2.70. The smallest absolute Gasteiger partial charge is 0.155 e. The van der Waals surface area contributed by atoms with Gasteiger partial charge in [-0.1, -0.05) is 18.9 Å². The summed E-state index contributed by atoms with van der Waals surface area (Å²) in [5, 5.41) is 8.92. The maximum absolute atomic E-state index is 12.1. The summed E-state index contributed by atoms with van der Waals surface area (Å²) < 4.78 is 0. The fraction of sp³-hybridized carbons (Fsp3) is 0.467. The molecule has 0 N–H and O–H groups in total. The van der Waals surface area contributed by atoms with Gasteiger partial charge in [0.15, 0.2) is 5.78 Å². The minimum Gasteiger partial charge on any atom is -0.365 e. The van der Waals surface area contributed by atoms with Crippen molar-refractivity contribution in [3.05, 3.63) is 29.8 Å². The van der Waals surface area contributed by atoms with Crippen LogP contribution >= 0.6 is 0 Å². The first-order chi connectivity index (χ1) is 8.72. The van der Waals surface area contributed by atoms with Crippen LogP contribution < -0.4 is 4.90 Å². The van der Waals surface area contributed by atoms with E-state index in [1.54, 1.807) is 6.07 Å². The van der Waals surface area contributed by atoms with Gasteiger partial charge in [0.05, 0.1) is 17.7 Å². The Morgan fingerprint density at radius 2 is 2.17 bits per heavy atom. The molecule has 0 amide bonds. The van der Waals surface area contributed by atoms with Crippen molar-refractivity contribution in [1.29, 1.82) is 5.26 Å². The van der Waals surface area contributed by atoms with Gasteiger partial charge in [-0.15, -0.1) is 0 Å². The zero-order chi connectivity index (χ0) is 13.0. The molecule has 1 aliphatic carbocycles. The molecular weight excluding hydrogens is 224 g/mol. The van der Waals surface area contributed by atoms with Gasteiger partial charge in [0.1, 0.15) is 0 Å². The number of hydrogen-bond donors (Lipinski definition) is 0. The molecular formula is C15H18N2O. The number of hydrogen-bond acceptors (Lipinski definition) is 3. The lowest BCUT2D eigenvalue weighted by Gasteiger charge is -2.28. The highest BCUT2D eigenvalue weighted by Crippen LogP contribution is 2.24. The SMILES string of the molecule is CN(c1cccc(C#N)c1)C1CCCCCC1=O. The molecule has 1 unspecified atom stereocenters. The van der Waals surface area contributed by atoms with Crippen LogP contribution in [0.15, 0.2) is 24.3 Å². The molecule has 0 radical (unpaired) electrons. The van der Waals surface area contributed by atoms with Crippen LogP contribution in [0.5, 0.6) is 0 Å². The van der Waals surface area contributed by atoms with Crippen LogP contribution in [0.3, 0.4) is 0 Å². The topological polar surface area (TPSA) is 44.1 Å². The first-order valence-electron chi connectivity index (χ1n) is 6.48. The van der Waals surface area contributed by atoms with Crippen molar-refractivity contribution in [3.63, 3.8) is 0 Å². The van der Waals surface area contributed by atoms with E-state index in [4.69, 9.17) is 5.26 Å². The fourth-order valence-corrected chi connectivity index (χ4v) is 2.53. The lowest BCUT2D eigenvalue weighted by atomic mass is 10.1. The summed E-state index contributed by atoms with van der Waals surface area (Å²) in [5.41, 5.74) is 1.59. The zero-order valence-electron chi connectivity index (χ0n) is 10.7. The van der Waals surface area contributed by atoms with Gasteiger partial charge in [-0.05, 0) is 31.0 Å². The van der Waals surface area contributed by atoms with Gasteiger partial charge in [0.25, 0.3) is 0 Å². The summed E-state index contributed by atoms with van der Waals surface area (Å²) in [6.45, 7) is 0. The second-order valence-corrected chi connectivity index (χ2v) is 4.85. The molecule has 1 fully saturated rings. The number of ketones is 1. The number of benzene rings is 1. The minimum atomic E-state index is -0.0264. The van der Waals surface area contributed by atoms with Crippen LogP contribution in [0.25, 0.3) is 0 Å². The Morgan fingerprint density at radius 1 is 1.33 bits per heavy atom. The number of Topliss-reactive ketones (excluding diaryl/α,β-unsaturated/α-hetero) is 1. The quantitative estimate of drug-likeness (QED) is 0.749. The van der Waals surface area contributed by atoms with E-state index in [1.807, 2.05) is 30.1 Å². The number of nitrogens with zero attached hydrogens (tertiary/aromatic N) is 2. The molecule has 18 heavy (non-hydrogen) atoms. The fourth-order valence-electron chi connectivity index (χ4n) is 2.53. The number of carbonyl (C=O) groups is 1. The van der Waals surface area contributed by atoms with E-state index in [9.17, 15) is 4.79 Å². The predicted molar refractivity (Wildman–Crippen MR) is 71.4 cm³/mol.